The van der Waals surface area contributed by atoms with Crippen LogP contribution in [0.15, 0.2) is 24.3 Å². The van der Waals surface area contributed by atoms with Gasteiger partial charge in [-0.1, -0.05) is 134 Å². The molecule has 1 rings (SSSR count). The molecular formula is C41H74O10. The quantitative estimate of drug-likeness (QED) is 0.0300. The van der Waals surface area contributed by atoms with Crippen LogP contribution in [0.5, 0.6) is 0 Å². The number of aliphatic hydroxyl groups excluding tert-OH is 4. The second kappa shape index (κ2) is 32.8. The molecule has 1 aliphatic rings. The average Bonchev–Trinajstić information content (AvgIpc) is 3.13. The molecule has 0 aromatic rings. The molecule has 0 aromatic carbocycles. The van der Waals surface area contributed by atoms with E-state index in [1.54, 1.807) is 0 Å². The lowest BCUT2D eigenvalue weighted by atomic mass is 9.99. The second-order valence-corrected chi connectivity index (χ2v) is 14.1. The fourth-order valence-corrected chi connectivity index (χ4v) is 6.04. The second-order valence-electron chi connectivity index (χ2n) is 14.1. The number of rotatable bonds is 33. The summed E-state index contributed by atoms with van der Waals surface area (Å²) in [6.07, 6.45) is 26.1. The van der Waals surface area contributed by atoms with Crippen LogP contribution in [-0.4, -0.2) is 89.0 Å². The molecule has 0 saturated carbocycles. The highest BCUT2D eigenvalue weighted by atomic mass is 16.7. The van der Waals surface area contributed by atoms with Gasteiger partial charge in [0.25, 0.3) is 0 Å². The number of carbonyl (C=O) groups is 2. The molecule has 10 nitrogen and oxygen atoms in total. The van der Waals surface area contributed by atoms with Crippen molar-refractivity contribution in [3.63, 3.8) is 0 Å². The zero-order valence-corrected chi connectivity index (χ0v) is 32.1. The van der Waals surface area contributed by atoms with E-state index in [2.05, 4.69) is 38.2 Å². The van der Waals surface area contributed by atoms with Gasteiger partial charge in [0.05, 0.1) is 13.2 Å². The third-order valence-corrected chi connectivity index (χ3v) is 9.34. The normalized spacial score (nSPS) is 21.4. The van der Waals surface area contributed by atoms with Crippen molar-refractivity contribution in [1.82, 2.24) is 0 Å². The van der Waals surface area contributed by atoms with Crippen LogP contribution >= 0.6 is 0 Å². The summed E-state index contributed by atoms with van der Waals surface area (Å²) in [4.78, 5) is 25.2. The van der Waals surface area contributed by atoms with E-state index < -0.39 is 49.4 Å². The number of carbonyl (C=O) groups excluding carboxylic acids is 2. The first-order valence-electron chi connectivity index (χ1n) is 20.4. The van der Waals surface area contributed by atoms with Crippen molar-refractivity contribution in [1.29, 1.82) is 0 Å². The molecule has 1 fully saturated rings. The van der Waals surface area contributed by atoms with E-state index in [0.717, 1.165) is 57.8 Å². The zero-order valence-electron chi connectivity index (χ0n) is 32.1. The van der Waals surface area contributed by atoms with Crippen LogP contribution in [-0.2, 0) is 28.5 Å². The van der Waals surface area contributed by atoms with Crippen molar-refractivity contribution in [2.75, 3.05) is 19.8 Å². The average molecular weight is 727 g/mol. The Morgan fingerprint density at radius 2 is 1.10 bits per heavy atom. The van der Waals surface area contributed by atoms with Gasteiger partial charge < -0.3 is 39.4 Å². The number of ether oxygens (including phenoxy) is 4. The zero-order chi connectivity index (χ0) is 37.4. The van der Waals surface area contributed by atoms with Crippen molar-refractivity contribution in [2.24, 2.45) is 0 Å². The van der Waals surface area contributed by atoms with E-state index in [-0.39, 0.29) is 32.0 Å². The Bertz CT molecular complexity index is 892. The fourth-order valence-electron chi connectivity index (χ4n) is 6.04. The molecule has 0 amide bonds. The third-order valence-electron chi connectivity index (χ3n) is 9.34. The first-order valence-corrected chi connectivity index (χ1v) is 20.4. The number of aliphatic hydroxyl groups is 4. The molecule has 0 spiro atoms. The molecule has 1 heterocycles. The summed E-state index contributed by atoms with van der Waals surface area (Å²) in [5.74, 6) is -0.821. The molecule has 0 aliphatic carbocycles. The molecule has 1 aliphatic heterocycles. The lowest BCUT2D eigenvalue weighted by molar-refractivity contribution is -0.305. The summed E-state index contributed by atoms with van der Waals surface area (Å²) >= 11 is 0. The number of unbranched alkanes of at least 4 members (excludes halogenated alkanes) is 18. The molecule has 298 valence electrons. The minimum absolute atomic E-state index is 0.222. The van der Waals surface area contributed by atoms with Crippen LogP contribution in [0.3, 0.4) is 0 Å². The van der Waals surface area contributed by atoms with E-state index in [4.69, 9.17) is 18.9 Å². The summed E-state index contributed by atoms with van der Waals surface area (Å²) in [7, 11) is 0. The van der Waals surface area contributed by atoms with Crippen LogP contribution in [0.2, 0.25) is 0 Å². The van der Waals surface area contributed by atoms with Gasteiger partial charge in [-0.25, -0.2) is 0 Å². The standard InChI is InChI=1S/C41H74O10/c1-3-5-7-9-11-13-15-16-17-18-20-21-23-25-27-29-36(43)48-32-34(33-49-41-40(47)39(46)38(45)35(31-42)51-41)50-37(44)30-28-26-24-22-19-14-12-10-8-6-4-2/h11,13,16-17,34-35,38-42,45-47H,3-10,12,14-15,18-33H2,1-2H3/b13-11-,17-16-/t34-,35?,38?,39?,40?,41?/m1/s1. The van der Waals surface area contributed by atoms with Crippen LogP contribution in [0.25, 0.3) is 0 Å². The van der Waals surface area contributed by atoms with Crippen molar-refractivity contribution in [3.05, 3.63) is 24.3 Å². The first-order chi connectivity index (χ1) is 24.8. The summed E-state index contributed by atoms with van der Waals surface area (Å²) in [5.41, 5.74) is 0. The minimum Gasteiger partial charge on any atom is -0.462 e. The summed E-state index contributed by atoms with van der Waals surface area (Å²) < 4.78 is 22.1. The van der Waals surface area contributed by atoms with E-state index >= 15 is 0 Å². The van der Waals surface area contributed by atoms with Crippen LogP contribution in [0.1, 0.15) is 168 Å². The number of hydrogen-bond acceptors (Lipinski definition) is 10. The predicted octanol–water partition coefficient (Wildman–Crippen LogP) is 7.77. The highest BCUT2D eigenvalue weighted by molar-refractivity contribution is 5.70. The summed E-state index contributed by atoms with van der Waals surface area (Å²) in [5, 5.41) is 39.9. The van der Waals surface area contributed by atoms with E-state index in [1.165, 1.54) is 70.6 Å². The molecule has 0 aromatic heterocycles. The Morgan fingerprint density at radius 3 is 1.67 bits per heavy atom. The van der Waals surface area contributed by atoms with Crippen LogP contribution < -0.4 is 0 Å². The SMILES string of the molecule is CCCCC/C=C\C/C=C\CCCCCCCC(=O)OC[C@H](COC1OC(CO)C(O)C(O)C1O)OC(=O)CCCCCCCCCCCCC. The monoisotopic (exact) mass is 727 g/mol. The van der Waals surface area contributed by atoms with Crippen molar-refractivity contribution < 1.29 is 49.0 Å². The van der Waals surface area contributed by atoms with Gasteiger partial charge in [0, 0.05) is 12.8 Å². The highest BCUT2D eigenvalue weighted by Gasteiger charge is 2.44. The molecule has 0 bridgehead atoms. The Hall–Kier alpha value is -1.82. The minimum atomic E-state index is -1.59. The maximum Gasteiger partial charge on any atom is 0.306 e. The lowest BCUT2D eigenvalue weighted by Gasteiger charge is -2.39. The predicted molar refractivity (Wildman–Crippen MR) is 201 cm³/mol. The maximum atomic E-state index is 12.7. The Balaban J connectivity index is 2.38. The van der Waals surface area contributed by atoms with Gasteiger partial charge in [0.1, 0.15) is 31.0 Å². The largest absolute Gasteiger partial charge is 0.462 e. The van der Waals surface area contributed by atoms with E-state index in [9.17, 15) is 30.0 Å². The van der Waals surface area contributed by atoms with Gasteiger partial charge in [0.2, 0.25) is 0 Å². The Labute approximate surface area is 309 Å². The smallest absolute Gasteiger partial charge is 0.306 e. The molecule has 0 radical (unpaired) electrons. The van der Waals surface area contributed by atoms with Crippen LogP contribution in [0, 0.1) is 0 Å². The number of allylic oxidation sites excluding steroid dienone is 4. The molecule has 5 unspecified atom stereocenters. The molecule has 4 N–H and O–H groups in total. The van der Waals surface area contributed by atoms with Gasteiger partial charge in [-0.15, -0.1) is 0 Å². The van der Waals surface area contributed by atoms with Crippen LogP contribution in [0.4, 0.5) is 0 Å². The van der Waals surface area contributed by atoms with Gasteiger partial charge in [-0.2, -0.15) is 0 Å². The third kappa shape index (κ3) is 24.9. The lowest BCUT2D eigenvalue weighted by Crippen LogP contribution is -2.59. The topological polar surface area (TPSA) is 152 Å². The van der Waals surface area contributed by atoms with Gasteiger partial charge in [0.15, 0.2) is 12.4 Å². The van der Waals surface area contributed by atoms with E-state index in [1.807, 2.05) is 0 Å². The highest BCUT2D eigenvalue weighted by Crippen LogP contribution is 2.22. The number of hydrogen-bond donors (Lipinski definition) is 4. The molecule has 51 heavy (non-hydrogen) atoms. The summed E-state index contributed by atoms with van der Waals surface area (Å²) in [6.45, 7) is 3.36. The van der Waals surface area contributed by atoms with Gasteiger partial charge in [-0.3, -0.25) is 9.59 Å². The molecule has 1 saturated heterocycles. The van der Waals surface area contributed by atoms with Crippen molar-refractivity contribution in [3.8, 4) is 0 Å². The molecular weight excluding hydrogens is 652 g/mol. The molecule has 6 atom stereocenters. The van der Waals surface area contributed by atoms with Gasteiger partial charge in [-0.05, 0) is 44.9 Å². The molecule has 10 heteroatoms. The van der Waals surface area contributed by atoms with Gasteiger partial charge >= 0.3 is 11.9 Å². The first kappa shape index (κ1) is 47.2. The van der Waals surface area contributed by atoms with E-state index in [0.29, 0.717) is 12.8 Å². The Morgan fingerprint density at radius 1 is 0.608 bits per heavy atom. The fraction of sp³-hybridized carbons (Fsp3) is 0.854. The summed E-state index contributed by atoms with van der Waals surface area (Å²) in [6, 6.07) is 0. The van der Waals surface area contributed by atoms with Crippen molar-refractivity contribution >= 4 is 11.9 Å². The maximum absolute atomic E-state index is 12.7. The Kier molecular flexibility index (Phi) is 30.4. The van der Waals surface area contributed by atoms with Crippen molar-refractivity contribution in [2.45, 2.75) is 205 Å². The number of esters is 2.